The molecule has 0 aromatic rings. The van der Waals surface area contributed by atoms with E-state index in [0.29, 0.717) is 0 Å². The Morgan fingerprint density at radius 3 is 0.474 bits per heavy atom. The first kappa shape index (κ1) is 52.2. The fourth-order valence-electron chi connectivity index (χ4n) is 0.250. The molecule has 0 bridgehead atoms. The van der Waals surface area contributed by atoms with Gasteiger partial charge in [-0.1, -0.05) is 169 Å². The van der Waals surface area contributed by atoms with Gasteiger partial charge in [-0.2, -0.15) is 0 Å². The van der Waals surface area contributed by atoms with Crippen LogP contribution in [0, 0.1) is 0 Å². The van der Waals surface area contributed by atoms with E-state index in [1.807, 2.05) is 135 Å². The second kappa shape index (κ2) is 19.7. The molecule has 0 rings (SSSR count). The molecule has 1 N–H and O–H groups in total. The zero-order valence-electron chi connectivity index (χ0n) is 30.0. The maximum absolute atomic E-state index is 11.3. The van der Waals surface area contributed by atoms with Gasteiger partial charge in [0, 0.05) is 0 Å². The molecule has 0 saturated carbocycles. The van der Waals surface area contributed by atoms with Crippen molar-refractivity contribution >= 4 is 33.3 Å². The van der Waals surface area contributed by atoms with Crippen molar-refractivity contribution in [1.82, 2.24) is 5.32 Å². The second-order valence-corrected chi connectivity index (χ2v) is 34.1. The molecule has 0 aliphatic heterocycles. The SMILES string of the molecule is CC(C)(C)[Si](C)(C)[O-].CC(C)(C)[Si](C)(C)[O-].CC(C)(C)[Si](C)(C)[O-].CC(C)(C)[Si](C)(C)[O-].CCNCC.[Hf+4]. The van der Waals surface area contributed by atoms with Gasteiger partial charge in [0.25, 0.3) is 0 Å². The van der Waals surface area contributed by atoms with Gasteiger partial charge in [-0.15, -0.1) is 0 Å². The van der Waals surface area contributed by atoms with Gasteiger partial charge in [0.1, 0.15) is 0 Å². The van der Waals surface area contributed by atoms with Crippen LogP contribution in [0.5, 0.6) is 0 Å². The summed E-state index contributed by atoms with van der Waals surface area (Å²) >= 11 is 0. The van der Waals surface area contributed by atoms with Gasteiger partial charge in [-0.05, 0) is 46.4 Å². The number of rotatable bonds is 2. The zero-order chi connectivity index (χ0) is 32.1. The van der Waals surface area contributed by atoms with Gasteiger partial charge >= 0.3 is 25.8 Å². The first-order valence-corrected chi connectivity index (χ1v) is 25.6. The van der Waals surface area contributed by atoms with Crippen LogP contribution in [0.1, 0.15) is 96.9 Å². The van der Waals surface area contributed by atoms with E-state index >= 15 is 0 Å². The Balaban J connectivity index is -0.0000000844. The zero-order valence-corrected chi connectivity index (χ0v) is 37.6. The average molecular weight is 777 g/mol. The maximum atomic E-state index is 11.3. The molecular weight excluding hydrogens is 705 g/mol. The molecule has 0 aliphatic carbocycles. The molecule has 0 unspecified atom stereocenters. The molecule has 0 aromatic heterocycles. The molecule has 0 radical (unpaired) electrons. The summed E-state index contributed by atoms with van der Waals surface area (Å²) in [6, 6.07) is 0. The van der Waals surface area contributed by atoms with Crippen LogP contribution in [0.3, 0.4) is 0 Å². The molecular formula is C28H71HfNO4Si4. The van der Waals surface area contributed by atoms with Crippen molar-refractivity contribution in [1.29, 1.82) is 0 Å². The Hall–Kier alpha value is 1.54. The van der Waals surface area contributed by atoms with Gasteiger partial charge in [-0.3, -0.25) is 0 Å². The van der Waals surface area contributed by atoms with Crippen LogP contribution in [0.25, 0.3) is 0 Å². The quantitative estimate of drug-likeness (QED) is 0.346. The molecule has 0 heterocycles. The monoisotopic (exact) mass is 777 g/mol. The summed E-state index contributed by atoms with van der Waals surface area (Å²) in [5.74, 6) is 0. The topological polar surface area (TPSA) is 104 Å². The van der Waals surface area contributed by atoms with Crippen molar-refractivity contribution in [2.24, 2.45) is 0 Å². The van der Waals surface area contributed by atoms with Crippen molar-refractivity contribution in [3.8, 4) is 0 Å². The minimum Gasteiger partial charge on any atom is -0.858 e. The maximum Gasteiger partial charge on any atom is 4.00 e. The van der Waals surface area contributed by atoms with Crippen LogP contribution in [-0.2, 0) is 25.8 Å². The van der Waals surface area contributed by atoms with E-state index in [0.717, 1.165) is 13.1 Å². The Kier molecular flexibility index (Phi) is 27.0. The summed E-state index contributed by atoms with van der Waals surface area (Å²) in [5.41, 5.74) is 0. The summed E-state index contributed by atoms with van der Waals surface area (Å²) in [6.45, 7) is 45.5. The van der Waals surface area contributed by atoms with Crippen LogP contribution in [0.15, 0.2) is 0 Å². The van der Waals surface area contributed by atoms with Gasteiger partial charge in [0.05, 0.1) is 0 Å². The van der Waals surface area contributed by atoms with Crippen LogP contribution in [0.4, 0.5) is 0 Å². The molecule has 0 saturated heterocycles. The fourth-order valence-corrected chi connectivity index (χ4v) is 0.250. The summed E-state index contributed by atoms with van der Waals surface area (Å²) in [6.07, 6.45) is 0. The summed E-state index contributed by atoms with van der Waals surface area (Å²) in [4.78, 5) is 45.1. The molecule has 0 amide bonds. The van der Waals surface area contributed by atoms with Crippen LogP contribution in [-0.4, -0.2) is 46.4 Å². The van der Waals surface area contributed by atoms with Crippen molar-refractivity contribution in [2.75, 3.05) is 13.1 Å². The van der Waals surface area contributed by atoms with Gasteiger partial charge in [0.2, 0.25) is 0 Å². The second-order valence-electron chi connectivity index (χ2n) is 16.0. The minimum atomic E-state index is -2.11. The first-order valence-electron chi connectivity index (χ1n) is 13.9. The van der Waals surface area contributed by atoms with E-state index in [1.165, 1.54) is 0 Å². The largest absolute Gasteiger partial charge is 4.00 e. The summed E-state index contributed by atoms with van der Waals surface area (Å²) in [5, 5.41) is 3.19. The Labute approximate surface area is 264 Å². The molecule has 10 heteroatoms. The van der Waals surface area contributed by atoms with Gasteiger partial charge in [0.15, 0.2) is 0 Å². The average Bonchev–Trinajstić information content (AvgIpc) is 2.50. The van der Waals surface area contributed by atoms with E-state index in [1.54, 1.807) is 0 Å². The Morgan fingerprint density at radius 1 is 0.395 bits per heavy atom. The predicted molar refractivity (Wildman–Crippen MR) is 173 cm³/mol. The predicted octanol–water partition coefficient (Wildman–Crippen LogP) is 6.02. The normalized spacial score (nSPS) is 13.1. The van der Waals surface area contributed by atoms with Gasteiger partial charge in [-0.25, -0.2) is 0 Å². The molecule has 5 nitrogen and oxygen atoms in total. The van der Waals surface area contributed by atoms with E-state index in [9.17, 15) is 19.2 Å². The van der Waals surface area contributed by atoms with Crippen molar-refractivity contribution in [3.63, 3.8) is 0 Å². The third kappa shape index (κ3) is 32.1. The Morgan fingerprint density at radius 2 is 0.474 bits per heavy atom. The third-order valence-electron chi connectivity index (χ3n) is 7.72. The fraction of sp³-hybridized carbons (Fsp3) is 1.00. The molecule has 0 spiro atoms. The molecule has 0 fully saturated rings. The van der Waals surface area contributed by atoms with Crippen molar-refractivity contribution in [2.45, 2.75) is 169 Å². The number of nitrogens with one attached hydrogen (secondary N) is 1. The van der Waals surface area contributed by atoms with Crippen molar-refractivity contribution < 1.29 is 45.0 Å². The van der Waals surface area contributed by atoms with Crippen molar-refractivity contribution in [3.05, 3.63) is 0 Å². The molecule has 0 atom stereocenters. The molecule has 232 valence electrons. The third-order valence-corrected chi connectivity index (χ3v) is 22.2. The van der Waals surface area contributed by atoms with Crippen LogP contribution < -0.4 is 24.5 Å². The standard InChI is InChI=1S/4C6H15OSi.C4H11N.Hf/c4*1-6(2,3)8(4,5)7;1-3-5-4-2;/h4*1-5H3;5H,3-4H2,1-2H3;/q4*-1;;+4. The number of hydrogen-bond acceptors (Lipinski definition) is 5. The first-order chi connectivity index (χ1) is 15.4. The van der Waals surface area contributed by atoms with E-state index in [2.05, 4.69) is 19.2 Å². The van der Waals surface area contributed by atoms with E-state index in [4.69, 9.17) is 0 Å². The minimum absolute atomic E-state index is 0. The smallest absolute Gasteiger partial charge is 0.858 e. The summed E-state index contributed by atoms with van der Waals surface area (Å²) in [7, 11) is -8.44. The van der Waals surface area contributed by atoms with Gasteiger partial charge < -0.3 is 24.5 Å². The van der Waals surface area contributed by atoms with E-state index in [-0.39, 0.29) is 46.0 Å². The van der Waals surface area contributed by atoms with E-state index < -0.39 is 33.3 Å². The van der Waals surface area contributed by atoms with Crippen LogP contribution in [0.2, 0.25) is 72.5 Å². The van der Waals surface area contributed by atoms with Crippen LogP contribution >= 0.6 is 0 Å². The Bertz CT molecular complexity index is 405. The summed E-state index contributed by atoms with van der Waals surface area (Å²) < 4.78 is 0. The molecule has 0 aliphatic rings. The molecule has 38 heavy (non-hydrogen) atoms. The number of hydrogen-bond donors (Lipinski definition) is 1. The molecule has 0 aromatic carbocycles.